The number of aliphatic imine (C=N–C) groups is 1. The van der Waals surface area contributed by atoms with Crippen LogP contribution in [0, 0.1) is 0 Å². The summed E-state index contributed by atoms with van der Waals surface area (Å²) in [5.74, 6) is -0.401. The molecule has 1 unspecified atom stereocenters. The molecule has 6 nitrogen and oxygen atoms in total. The van der Waals surface area contributed by atoms with E-state index in [2.05, 4.69) is 15.0 Å². The Morgan fingerprint density at radius 3 is 2.64 bits per heavy atom. The summed E-state index contributed by atoms with van der Waals surface area (Å²) >= 11 is 1.45. The second kappa shape index (κ2) is 6.75. The highest BCUT2D eigenvalue weighted by molar-refractivity contribution is 7.13. The van der Waals surface area contributed by atoms with Gasteiger partial charge in [-0.2, -0.15) is 0 Å². The van der Waals surface area contributed by atoms with Crippen LogP contribution in [0.3, 0.4) is 0 Å². The van der Waals surface area contributed by atoms with Gasteiger partial charge >= 0.3 is 0 Å². The van der Waals surface area contributed by atoms with Crippen molar-refractivity contribution in [2.75, 3.05) is 7.05 Å². The minimum Gasteiger partial charge on any atom is -0.369 e. The Kier molecular flexibility index (Phi) is 4.38. The Bertz CT molecular complexity index is 1070. The number of guanidine groups is 1. The number of nitrogens with two attached hydrogens (primary N) is 1. The van der Waals surface area contributed by atoms with Crippen LogP contribution in [0.1, 0.15) is 23.2 Å². The van der Waals surface area contributed by atoms with E-state index in [0.717, 1.165) is 10.4 Å². The van der Waals surface area contributed by atoms with E-state index in [-0.39, 0.29) is 11.5 Å². The van der Waals surface area contributed by atoms with Crippen LogP contribution in [0.15, 0.2) is 59.3 Å². The molecule has 28 heavy (non-hydrogen) atoms. The van der Waals surface area contributed by atoms with E-state index in [4.69, 9.17) is 5.73 Å². The third-order valence-corrected chi connectivity index (χ3v) is 5.48. The molecule has 1 atom stereocenters. The number of amides is 1. The van der Waals surface area contributed by atoms with Crippen molar-refractivity contribution in [2.24, 2.45) is 10.7 Å². The van der Waals surface area contributed by atoms with Crippen molar-refractivity contribution in [3.8, 4) is 10.4 Å². The van der Waals surface area contributed by atoms with E-state index in [9.17, 15) is 13.6 Å². The highest BCUT2D eigenvalue weighted by Gasteiger charge is 2.49. The van der Waals surface area contributed by atoms with Gasteiger partial charge in [-0.25, -0.2) is 13.8 Å². The fourth-order valence-corrected chi connectivity index (χ4v) is 3.85. The third kappa shape index (κ3) is 2.75. The van der Waals surface area contributed by atoms with Gasteiger partial charge in [-0.3, -0.25) is 19.7 Å². The molecule has 1 amide bonds. The third-order valence-electron chi connectivity index (χ3n) is 4.66. The number of carbonyl (C=O) groups excluding carboxylic acids is 1. The molecule has 9 heteroatoms. The molecule has 4 rings (SSSR count). The summed E-state index contributed by atoms with van der Waals surface area (Å²) < 4.78 is 26.5. The number of pyridine rings is 1. The minimum atomic E-state index is -2.77. The van der Waals surface area contributed by atoms with Crippen molar-refractivity contribution < 1.29 is 13.6 Å². The smallest absolute Gasteiger partial charge is 0.280 e. The summed E-state index contributed by atoms with van der Waals surface area (Å²) in [6, 6.07) is 9.94. The molecule has 0 saturated carbocycles. The van der Waals surface area contributed by atoms with Crippen LogP contribution >= 0.6 is 11.3 Å². The molecular weight excluding hydrogens is 384 g/mol. The topological polar surface area (TPSA) is 84.5 Å². The van der Waals surface area contributed by atoms with Gasteiger partial charge in [0, 0.05) is 19.4 Å². The lowest BCUT2D eigenvalue weighted by atomic mass is 9.82. The number of hydrogen-bond acceptors (Lipinski definition) is 6. The number of rotatable bonds is 4. The van der Waals surface area contributed by atoms with Crippen LogP contribution in [0.25, 0.3) is 10.4 Å². The van der Waals surface area contributed by atoms with Gasteiger partial charge < -0.3 is 5.73 Å². The number of benzene rings is 1. The number of hydrogen-bond donors (Lipinski definition) is 1. The Hall–Kier alpha value is -3.20. The van der Waals surface area contributed by atoms with Gasteiger partial charge in [-0.15, -0.1) is 11.3 Å². The van der Waals surface area contributed by atoms with Gasteiger partial charge in [0.15, 0.2) is 11.5 Å². The van der Waals surface area contributed by atoms with E-state index in [1.165, 1.54) is 41.6 Å². The van der Waals surface area contributed by atoms with Gasteiger partial charge in [-0.05, 0) is 34.9 Å². The molecule has 0 saturated heterocycles. The van der Waals surface area contributed by atoms with E-state index >= 15 is 0 Å². The van der Waals surface area contributed by atoms with Crippen LogP contribution in [-0.4, -0.2) is 33.8 Å². The molecule has 0 aliphatic carbocycles. The fraction of sp³-hybridized carbons (Fsp3) is 0.158. The predicted octanol–water partition coefficient (Wildman–Crippen LogP) is 3.17. The maximum atomic E-state index is 13.2. The van der Waals surface area contributed by atoms with Crippen molar-refractivity contribution in [2.45, 2.75) is 12.0 Å². The summed E-state index contributed by atoms with van der Waals surface area (Å²) in [6.45, 7) is 0. The van der Waals surface area contributed by atoms with Crippen LogP contribution in [0.4, 0.5) is 8.78 Å². The number of aromatic nitrogens is 2. The molecule has 0 fully saturated rings. The highest BCUT2D eigenvalue weighted by Crippen LogP contribution is 2.41. The lowest BCUT2D eigenvalue weighted by Crippen LogP contribution is -2.41. The maximum absolute atomic E-state index is 13.2. The summed E-state index contributed by atoms with van der Waals surface area (Å²) in [7, 11) is 1.51. The summed E-state index contributed by atoms with van der Waals surface area (Å²) in [6.07, 6.45) is 0.206. The zero-order chi connectivity index (χ0) is 19.9. The quantitative estimate of drug-likeness (QED) is 0.730. The zero-order valence-corrected chi connectivity index (χ0v) is 15.5. The van der Waals surface area contributed by atoms with Crippen molar-refractivity contribution >= 4 is 23.2 Å². The number of thiazole rings is 1. The molecule has 1 aromatic carbocycles. The van der Waals surface area contributed by atoms with Crippen LogP contribution in [-0.2, 0) is 10.3 Å². The molecule has 142 valence electrons. The molecule has 3 aromatic rings. The number of nitrogens with zero attached hydrogens (tertiary/aromatic N) is 4. The van der Waals surface area contributed by atoms with E-state index in [1.807, 2.05) is 12.1 Å². The maximum Gasteiger partial charge on any atom is 0.280 e. The highest BCUT2D eigenvalue weighted by atomic mass is 32.1. The normalized spacial score (nSPS) is 19.4. The van der Waals surface area contributed by atoms with Crippen molar-refractivity contribution in [1.29, 1.82) is 0 Å². The van der Waals surface area contributed by atoms with Crippen LogP contribution in [0.2, 0.25) is 0 Å². The van der Waals surface area contributed by atoms with Gasteiger partial charge in [0.2, 0.25) is 0 Å². The first kappa shape index (κ1) is 18.2. The summed E-state index contributed by atoms with van der Waals surface area (Å²) in [5, 5.41) is 0. The zero-order valence-electron chi connectivity index (χ0n) is 14.7. The van der Waals surface area contributed by atoms with E-state index in [1.54, 1.807) is 23.8 Å². The van der Waals surface area contributed by atoms with Crippen LogP contribution in [0.5, 0.6) is 0 Å². The molecule has 0 bridgehead atoms. The Morgan fingerprint density at radius 2 is 2.00 bits per heavy atom. The van der Waals surface area contributed by atoms with Crippen molar-refractivity contribution in [1.82, 2.24) is 14.9 Å². The first-order chi connectivity index (χ1) is 13.4. The van der Waals surface area contributed by atoms with Gasteiger partial charge in [0.25, 0.3) is 12.3 Å². The number of alkyl halides is 2. The number of carbonyl (C=O) groups is 1. The second-order valence-electron chi connectivity index (χ2n) is 6.26. The SMILES string of the molecule is CN1C(=O)C(c2cccc(-c3cncs3)c2)(c2ccnc(C(F)F)c2)N=C1N. The number of likely N-dealkylation sites (N-methyl/N-ethyl adjacent to an activating group) is 1. The monoisotopic (exact) mass is 399 g/mol. The van der Waals surface area contributed by atoms with Gasteiger partial charge in [0.1, 0.15) is 5.69 Å². The lowest BCUT2D eigenvalue weighted by Gasteiger charge is -2.26. The standard InChI is InChI=1S/C19H15F2N5OS/c1-26-17(27)19(25-18(26)22,13-5-6-24-14(8-13)16(20)21)12-4-2-3-11(7-12)15-9-23-10-28-15/h2-10,16H,1H3,(H2,22,25). The average Bonchev–Trinajstić information content (AvgIpc) is 3.32. The van der Waals surface area contributed by atoms with Gasteiger partial charge in [0.05, 0.1) is 10.4 Å². The van der Waals surface area contributed by atoms with E-state index < -0.39 is 23.6 Å². The Balaban J connectivity index is 1.95. The molecule has 2 aromatic heterocycles. The predicted molar refractivity (Wildman–Crippen MR) is 102 cm³/mol. The Labute approximate surface area is 163 Å². The van der Waals surface area contributed by atoms with Crippen molar-refractivity contribution in [3.63, 3.8) is 0 Å². The molecule has 2 N–H and O–H groups in total. The summed E-state index contributed by atoms with van der Waals surface area (Å²) in [4.78, 5) is 27.6. The van der Waals surface area contributed by atoms with E-state index in [0.29, 0.717) is 5.56 Å². The van der Waals surface area contributed by atoms with Crippen molar-refractivity contribution in [3.05, 3.63) is 71.1 Å². The molecule has 3 heterocycles. The second-order valence-corrected chi connectivity index (χ2v) is 7.15. The molecular formula is C19H15F2N5OS. The van der Waals surface area contributed by atoms with Gasteiger partial charge in [-0.1, -0.05) is 18.2 Å². The first-order valence-corrected chi connectivity index (χ1v) is 9.19. The molecule has 1 aliphatic heterocycles. The average molecular weight is 399 g/mol. The molecule has 1 aliphatic rings. The lowest BCUT2D eigenvalue weighted by molar-refractivity contribution is -0.129. The number of halogens is 2. The minimum absolute atomic E-state index is 0.0172. The Morgan fingerprint density at radius 1 is 1.21 bits per heavy atom. The largest absolute Gasteiger partial charge is 0.369 e. The first-order valence-electron chi connectivity index (χ1n) is 8.31. The molecule has 0 spiro atoms. The van der Waals surface area contributed by atoms with Crippen LogP contribution < -0.4 is 5.73 Å². The fourth-order valence-electron chi connectivity index (χ4n) is 3.23. The summed E-state index contributed by atoms with van der Waals surface area (Å²) in [5.41, 5.74) is 7.33. The molecule has 0 radical (unpaired) electrons.